The summed E-state index contributed by atoms with van der Waals surface area (Å²) in [7, 11) is 1.75. The smallest absolute Gasteiger partial charge is 0.0827 e. The third-order valence-corrected chi connectivity index (χ3v) is 4.36. The van der Waals surface area contributed by atoms with Crippen LogP contribution >= 0.6 is 0 Å². The lowest BCUT2D eigenvalue weighted by Gasteiger charge is -2.36. The van der Waals surface area contributed by atoms with Gasteiger partial charge in [-0.1, -0.05) is 38.1 Å². The normalized spacial score (nSPS) is 13.6. The summed E-state index contributed by atoms with van der Waals surface area (Å²) in [5.41, 5.74) is 8.19. The van der Waals surface area contributed by atoms with Crippen LogP contribution in [0.15, 0.2) is 36.4 Å². The lowest BCUT2D eigenvalue weighted by Crippen LogP contribution is -2.50. The summed E-state index contributed by atoms with van der Waals surface area (Å²) in [4.78, 5) is 4.70. The van der Waals surface area contributed by atoms with Crippen LogP contribution in [0.5, 0.6) is 0 Å². The fourth-order valence-corrected chi connectivity index (χ4v) is 2.85. The van der Waals surface area contributed by atoms with E-state index in [-0.39, 0.29) is 11.6 Å². The average molecular weight is 272 g/mol. The maximum absolute atomic E-state index is 6.40. The molecule has 0 aliphatic rings. The van der Waals surface area contributed by atoms with Gasteiger partial charge >= 0.3 is 0 Å². The summed E-state index contributed by atoms with van der Waals surface area (Å²) in [5.74, 6) is 0. The molecular weight excluding hydrogens is 248 g/mol. The topological polar surface area (TPSA) is 48.1 Å². The minimum atomic E-state index is -0.257. The Morgan fingerprint density at radius 1 is 1.15 bits per heavy atom. The Bertz CT molecular complexity index is 555. The molecule has 0 amide bonds. The van der Waals surface area contributed by atoms with Gasteiger partial charge in [0, 0.05) is 30.7 Å². The molecule has 0 saturated carbocycles. The van der Waals surface area contributed by atoms with Crippen molar-refractivity contribution in [3.63, 3.8) is 0 Å². The summed E-state index contributed by atoms with van der Waals surface area (Å²) in [5, 5.41) is 1.16. The number of aromatic nitrogens is 1. The van der Waals surface area contributed by atoms with E-state index >= 15 is 0 Å². The van der Waals surface area contributed by atoms with Crippen LogP contribution in [0.4, 0.5) is 0 Å². The minimum absolute atomic E-state index is 0.0452. The number of nitrogens with two attached hydrogens (primary N) is 1. The van der Waals surface area contributed by atoms with Gasteiger partial charge in [-0.3, -0.25) is 4.98 Å². The molecule has 1 aromatic carbocycles. The Morgan fingerprint density at radius 2 is 1.85 bits per heavy atom. The van der Waals surface area contributed by atoms with Crippen LogP contribution in [-0.2, 0) is 11.2 Å². The number of rotatable bonds is 6. The molecule has 0 spiro atoms. The first-order valence-corrected chi connectivity index (χ1v) is 7.30. The lowest BCUT2D eigenvalue weighted by molar-refractivity contribution is -0.0376. The van der Waals surface area contributed by atoms with Crippen molar-refractivity contribution in [1.29, 1.82) is 0 Å². The number of nitrogens with zero attached hydrogens (tertiary/aromatic N) is 1. The van der Waals surface area contributed by atoms with E-state index in [1.54, 1.807) is 7.11 Å². The molecule has 0 fully saturated rings. The molecule has 0 bridgehead atoms. The highest BCUT2D eigenvalue weighted by Crippen LogP contribution is 2.25. The third-order valence-electron chi connectivity index (χ3n) is 4.36. The van der Waals surface area contributed by atoms with Crippen LogP contribution < -0.4 is 5.73 Å². The Labute approximate surface area is 121 Å². The largest absolute Gasteiger partial charge is 0.377 e. The van der Waals surface area contributed by atoms with Gasteiger partial charge < -0.3 is 10.5 Å². The van der Waals surface area contributed by atoms with Crippen molar-refractivity contribution in [2.75, 3.05) is 7.11 Å². The van der Waals surface area contributed by atoms with Gasteiger partial charge in [0.25, 0.3) is 0 Å². The van der Waals surface area contributed by atoms with Crippen molar-refractivity contribution in [3.05, 3.63) is 42.1 Å². The van der Waals surface area contributed by atoms with E-state index in [4.69, 9.17) is 15.5 Å². The first kappa shape index (κ1) is 14.9. The molecule has 3 heteroatoms. The van der Waals surface area contributed by atoms with Crippen LogP contribution in [0.2, 0.25) is 0 Å². The molecule has 2 N–H and O–H groups in total. The highest BCUT2D eigenvalue weighted by atomic mass is 16.5. The second kappa shape index (κ2) is 6.33. The maximum Gasteiger partial charge on any atom is 0.0827 e. The lowest BCUT2D eigenvalue weighted by atomic mass is 9.86. The van der Waals surface area contributed by atoms with Gasteiger partial charge in [0.1, 0.15) is 0 Å². The van der Waals surface area contributed by atoms with E-state index in [2.05, 4.69) is 32.0 Å². The molecule has 2 rings (SSSR count). The summed E-state index contributed by atoms with van der Waals surface area (Å²) >= 11 is 0. The van der Waals surface area contributed by atoms with E-state index in [1.807, 2.05) is 18.2 Å². The van der Waals surface area contributed by atoms with E-state index in [0.717, 1.165) is 35.9 Å². The zero-order valence-electron chi connectivity index (χ0n) is 12.6. The van der Waals surface area contributed by atoms with Crippen molar-refractivity contribution in [1.82, 2.24) is 4.98 Å². The molecule has 1 unspecified atom stereocenters. The monoisotopic (exact) mass is 272 g/mol. The van der Waals surface area contributed by atoms with Gasteiger partial charge in [-0.25, -0.2) is 0 Å². The van der Waals surface area contributed by atoms with E-state index < -0.39 is 0 Å². The molecule has 1 atom stereocenters. The summed E-state index contributed by atoms with van der Waals surface area (Å²) in [6.07, 6.45) is 2.56. The summed E-state index contributed by atoms with van der Waals surface area (Å²) in [6, 6.07) is 12.3. The highest BCUT2D eigenvalue weighted by Gasteiger charge is 2.33. The number of hydrogen-bond donors (Lipinski definition) is 1. The van der Waals surface area contributed by atoms with Crippen molar-refractivity contribution >= 4 is 10.9 Å². The van der Waals surface area contributed by atoms with Crippen molar-refractivity contribution < 1.29 is 4.74 Å². The number of para-hydroxylation sites is 1. The van der Waals surface area contributed by atoms with Crippen molar-refractivity contribution in [3.8, 4) is 0 Å². The second-order valence-corrected chi connectivity index (χ2v) is 5.28. The third kappa shape index (κ3) is 2.84. The van der Waals surface area contributed by atoms with Gasteiger partial charge in [-0.15, -0.1) is 0 Å². The van der Waals surface area contributed by atoms with Gasteiger partial charge in [-0.05, 0) is 25.0 Å². The first-order valence-electron chi connectivity index (χ1n) is 7.30. The standard InChI is InChI=1S/C17H24N2O/c1-4-17(5-2,20-3)16(18)12-14-11-10-13-8-6-7-9-15(13)19-14/h6-11,16H,4-5,12,18H2,1-3H3. The quantitative estimate of drug-likeness (QED) is 0.877. The molecule has 1 heterocycles. The van der Waals surface area contributed by atoms with Crippen LogP contribution in [0, 0.1) is 0 Å². The van der Waals surface area contributed by atoms with Crippen LogP contribution in [0.3, 0.4) is 0 Å². The van der Waals surface area contributed by atoms with Gasteiger partial charge in [0.15, 0.2) is 0 Å². The number of pyridine rings is 1. The summed E-state index contributed by atoms with van der Waals surface area (Å²) < 4.78 is 5.70. The van der Waals surface area contributed by atoms with Gasteiger partial charge in [0.2, 0.25) is 0 Å². The number of methoxy groups -OCH3 is 1. The molecule has 0 saturated heterocycles. The molecule has 108 valence electrons. The summed E-state index contributed by atoms with van der Waals surface area (Å²) in [6.45, 7) is 4.25. The molecule has 3 nitrogen and oxygen atoms in total. The SMILES string of the molecule is CCC(CC)(OC)C(N)Cc1ccc2ccccc2n1. The zero-order chi connectivity index (χ0) is 14.6. The number of ether oxygens (including phenoxy) is 1. The van der Waals surface area contributed by atoms with E-state index in [1.165, 1.54) is 0 Å². The highest BCUT2D eigenvalue weighted by molar-refractivity contribution is 5.78. The van der Waals surface area contributed by atoms with E-state index in [9.17, 15) is 0 Å². The van der Waals surface area contributed by atoms with Crippen LogP contribution in [0.25, 0.3) is 10.9 Å². The molecule has 0 aliphatic heterocycles. The first-order chi connectivity index (χ1) is 9.65. The van der Waals surface area contributed by atoms with Crippen LogP contribution in [-0.4, -0.2) is 23.7 Å². The molecule has 1 aromatic heterocycles. The fraction of sp³-hybridized carbons (Fsp3) is 0.471. The molecular formula is C17H24N2O. The molecule has 2 aromatic rings. The molecule has 0 radical (unpaired) electrons. The fourth-order valence-electron chi connectivity index (χ4n) is 2.85. The average Bonchev–Trinajstić information content (AvgIpc) is 2.49. The minimum Gasteiger partial charge on any atom is -0.377 e. The maximum atomic E-state index is 6.40. The predicted octanol–water partition coefficient (Wildman–Crippen LogP) is 3.31. The molecule has 20 heavy (non-hydrogen) atoms. The Balaban J connectivity index is 2.22. The number of fused-ring (bicyclic) bond motifs is 1. The second-order valence-electron chi connectivity index (χ2n) is 5.28. The Hall–Kier alpha value is -1.45. The number of hydrogen-bond acceptors (Lipinski definition) is 3. The van der Waals surface area contributed by atoms with Crippen LogP contribution in [0.1, 0.15) is 32.4 Å². The Kier molecular flexibility index (Phi) is 4.73. The Morgan fingerprint density at radius 3 is 2.50 bits per heavy atom. The number of benzene rings is 1. The van der Waals surface area contributed by atoms with Crippen molar-refractivity contribution in [2.24, 2.45) is 5.73 Å². The molecule has 0 aliphatic carbocycles. The van der Waals surface area contributed by atoms with E-state index in [0.29, 0.717) is 0 Å². The van der Waals surface area contributed by atoms with Gasteiger partial charge in [0.05, 0.1) is 11.1 Å². The van der Waals surface area contributed by atoms with Gasteiger partial charge in [-0.2, -0.15) is 0 Å². The van der Waals surface area contributed by atoms with Crippen molar-refractivity contribution in [2.45, 2.75) is 44.8 Å². The zero-order valence-corrected chi connectivity index (χ0v) is 12.6. The predicted molar refractivity (Wildman–Crippen MR) is 83.7 cm³/mol.